The molecule has 0 radical (unpaired) electrons. The summed E-state index contributed by atoms with van der Waals surface area (Å²) in [6, 6.07) is 15.8. The van der Waals surface area contributed by atoms with Crippen LogP contribution in [0, 0.1) is 0 Å². The minimum Gasteiger partial charge on any atom is -0.490 e. The van der Waals surface area contributed by atoms with Gasteiger partial charge in [0.15, 0.2) is 0 Å². The molecular weight excluding hydrogens is 408 g/mol. The zero-order chi connectivity index (χ0) is 23.1. The van der Waals surface area contributed by atoms with Gasteiger partial charge in [-0.15, -0.1) is 0 Å². The van der Waals surface area contributed by atoms with Gasteiger partial charge >= 0.3 is 11.9 Å². The molecule has 0 fully saturated rings. The number of rotatable bonds is 10. The van der Waals surface area contributed by atoms with Crippen molar-refractivity contribution in [3.05, 3.63) is 72.8 Å². The molecule has 0 N–H and O–H groups in total. The fourth-order valence-corrected chi connectivity index (χ4v) is 2.97. The van der Waals surface area contributed by atoms with Crippen LogP contribution in [-0.2, 0) is 19.1 Å². The first-order valence-electron chi connectivity index (χ1n) is 10.2. The Balaban J connectivity index is 1.62. The molecule has 6 nitrogen and oxygen atoms in total. The van der Waals surface area contributed by atoms with E-state index in [4.69, 9.17) is 18.9 Å². The Hall–Kier alpha value is -3.80. The molecule has 0 amide bonds. The summed E-state index contributed by atoms with van der Waals surface area (Å²) >= 11 is 0. The first-order valence-corrected chi connectivity index (χ1v) is 10.2. The predicted octanol–water partition coefficient (Wildman–Crippen LogP) is 4.99. The summed E-state index contributed by atoms with van der Waals surface area (Å²) in [5.74, 6) is 0.560. The van der Waals surface area contributed by atoms with Crippen molar-refractivity contribution in [1.29, 1.82) is 0 Å². The first-order chi connectivity index (χ1) is 15.3. The van der Waals surface area contributed by atoms with E-state index in [-0.39, 0.29) is 26.4 Å². The van der Waals surface area contributed by atoms with E-state index < -0.39 is 11.9 Å². The van der Waals surface area contributed by atoms with Crippen molar-refractivity contribution in [3.8, 4) is 11.5 Å². The molecule has 0 aromatic heterocycles. The lowest BCUT2D eigenvalue weighted by molar-refractivity contribution is -0.140. The smallest absolute Gasteiger partial charge is 0.333 e. The number of carbonyl (C=O) groups excluding carboxylic acids is 2. The fourth-order valence-electron chi connectivity index (χ4n) is 2.97. The average Bonchev–Trinajstić information content (AvgIpc) is 2.77. The van der Waals surface area contributed by atoms with Gasteiger partial charge in [0.05, 0.1) is 0 Å². The lowest BCUT2D eigenvalue weighted by Crippen LogP contribution is -2.12. The van der Waals surface area contributed by atoms with E-state index in [1.165, 1.54) is 0 Å². The highest BCUT2D eigenvalue weighted by atomic mass is 16.6. The van der Waals surface area contributed by atoms with E-state index in [0.29, 0.717) is 22.6 Å². The second-order valence-electron chi connectivity index (χ2n) is 7.40. The van der Waals surface area contributed by atoms with E-state index in [9.17, 15) is 9.59 Å². The quantitative estimate of drug-likeness (QED) is 0.194. The van der Waals surface area contributed by atoms with Crippen molar-refractivity contribution in [2.45, 2.75) is 13.8 Å². The molecule has 0 heterocycles. The molecule has 0 saturated carbocycles. The zero-order valence-electron chi connectivity index (χ0n) is 18.3. The molecule has 32 heavy (non-hydrogen) atoms. The Morgan fingerprint density at radius 1 is 0.625 bits per heavy atom. The van der Waals surface area contributed by atoms with Crippen molar-refractivity contribution in [3.63, 3.8) is 0 Å². The molecule has 0 aliphatic rings. The van der Waals surface area contributed by atoms with E-state index in [1.807, 2.05) is 36.4 Å². The Morgan fingerprint density at radius 2 is 1.03 bits per heavy atom. The molecule has 0 saturated heterocycles. The summed E-state index contributed by atoms with van der Waals surface area (Å²) < 4.78 is 21.5. The topological polar surface area (TPSA) is 71.1 Å². The standard InChI is InChI=1S/C26H26O6/c1-17(2)25(27)31-11-9-29-23-7-5-19-14-22-16-24(8-6-20(22)13-21(19)15-23)30-10-12-32-26(28)18(3)4/h5-8,13-16H,1,3,9-12H2,2,4H3. The van der Waals surface area contributed by atoms with Crippen LogP contribution in [0.1, 0.15) is 13.8 Å². The largest absolute Gasteiger partial charge is 0.490 e. The molecule has 0 aliphatic carbocycles. The van der Waals surface area contributed by atoms with Crippen LogP contribution in [0.5, 0.6) is 11.5 Å². The monoisotopic (exact) mass is 434 g/mol. The van der Waals surface area contributed by atoms with Gasteiger partial charge in [0.2, 0.25) is 0 Å². The van der Waals surface area contributed by atoms with Gasteiger partial charge in [-0.1, -0.05) is 25.3 Å². The highest BCUT2D eigenvalue weighted by molar-refractivity contribution is 5.99. The van der Waals surface area contributed by atoms with E-state index >= 15 is 0 Å². The molecule has 3 rings (SSSR count). The highest BCUT2D eigenvalue weighted by Crippen LogP contribution is 2.28. The predicted molar refractivity (Wildman–Crippen MR) is 124 cm³/mol. The number of carbonyl (C=O) groups is 2. The van der Waals surface area contributed by atoms with Crippen molar-refractivity contribution in [2.75, 3.05) is 26.4 Å². The van der Waals surface area contributed by atoms with Gasteiger partial charge in [-0.3, -0.25) is 0 Å². The maximum absolute atomic E-state index is 11.4. The van der Waals surface area contributed by atoms with E-state index in [0.717, 1.165) is 21.5 Å². The zero-order valence-corrected chi connectivity index (χ0v) is 18.3. The van der Waals surface area contributed by atoms with Gasteiger partial charge in [-0.05, 0) is 71.8 Å². The molecule has 0 aliphatic heterocycles. The molecule has 3 aromatic carbocycles. The fraction of sp³-hybridized carbons (Fsp3) is 0.231. The van der Waals surface area contributed by atoms with Crippen LogP contribution in [0.3, 0.4) is 0 Å². The summed E-state index contributed by atoms with van der Waals surface area (Å²) in [7, 11) is 0. The minimum atomic E-state index is -0.421. The van der Waals surface area contributed by atoms with Crippen molar-refractivity contribution >= 4 is 33.5 Å². The Kier molecular flexibility index (Phi) is 7.49. The second kappa shape index (κ2) is 10.5. The van der Waals surface area contributed by atoms with Gasteiger partial charge in [0.1, 0.15) is 37.9 Å². The van der Waals surface area contributed by atoms with Crippen LogP contribution in [0.4, 0.5) is 0 Å². The van der Waals surface area contributed by atoms with Crippen LogP contribution in [-0.4, -0.2) is 38.4 Å². The number of esters is 2. The van der Waals surface area contributed by atoms with Gasteiger partial charge in [0.25, 0.3) is 0 Å². The lowest BCUT2D eigenvalue weighted by atomic mass is 10.0. The molecule has 6 heteroatoms. The van der Waals surface area contributed by atoms with Crippen LogP contribution in [0.15, 0.2) is 72.8 Å². The summed E-state index contributed by atoms with van der Waals surface area (Å²) in [5, 5.41) is 4.20. The maximum Gasteiger partial charge on any atom is 0.333 e. The summed E-state index contributed by atoms with van der Waals surface area (Å²) in [4.78, 5) is 22.8. The Bertz CT molecular complexity index is 1080. The number of benzene rings is 3. The summed E-state index contributed by atoms with van der Waals surface area (Å²) in [6.07, 6.45) is 0. The number of fused-ring (bicyclic) bond motifs is 2. The molecule has 0 bridgehead atoms. The highest BCUT2D eigenvalue weighted by Gasteiger charge is 2.06. The van der Waals surface area contributed by atoms with Crippen LogP contribution in [0.25, 0.3) is 21.5 Å². The molecule has 0 unspecified atom stereocenters. The molecule has 0 spiro atoms. The third kappa shape index (κ3) is 6.11. The van der Waals surface area contributed by atoms with E-state index in [2.05, 4.69) is 25.3 Å². The second-order valence-corrected chi connectivity index (χ2v) is 7.40. The van der Waals surface area contributed by atoms with Crippen LogP contribution in [0.2, 0.25) is 0 Å². The van der Waals surface area contributed by atoms with Crippen LogP contribution >= 0.6 is 0 Å². The van der Waals surface area contributed by atoms with Gasteiger partial charge in [0, 0.05) is 11.1 Å². The maximum atomic E-state index is 11.4. The van der Waals surface area contributed by atoms with Crippen molar-refractivity contribution in [2.24, 2.45) is 0 Å². The van der Waals surface area contributed by atoms with Crippen molar-refractivity contribution in [1.82, 2.24) is 0 Å². The SMILES string of the molecule is C=C(C)C(=O)OCCOc1ccc2cc3cc(OCCOC(=O)C(=C)C)ccc3cc2c1. The Morgan fingerprint density at radius 3 is 1.41 bits per heavy atom. The van der Waals surface area contributed by atoms with Gasteiger partial charge in [-0.25, -0.2) is 9.59 Å². The molecule has 0 atom stereocenters. The normalized spacial score (nSPS) is 10.6. The average molecular weight is 434 g/mol. The molecule has 166 valence electrons. The minimum absolute atomic E-state index is 0.163. The summed E-state index contributed by atoms with van der Waals surface area (Å²) in [6.45, 7) is 11.2. The van der Waals surface area contributed by atoms with Crippen molar-refractivity contribution < 1.29 is 28.5 Å². The third-order valence-corrected chi connectivity index (χ3v) is 4.61. The number of hydrogen-bond donors (Lipinski definition) is 0. The molecule has 3 aromatic rings. The van der Waals surface area contributed by atoms with Gasteiger partial charge in [-0.2, -0.15) is 0 Å². The summed E-state index contributed by atoms with van der Waals surface area (Å²) in [5.41, 5.74) is 0.727. The van der Waals surface area contributed by atoms with Gasteiger partial charge < -0.3 is 18.9 Å². The molecular formula is C26H26O6. The number of hydrogen-bond acceptors (Lipinski definition) is 6. The Labute approximate surface area is 187 Å². The third-order valence-electron chi connectivity index (χ3n) is 4.61. The van der Waals surface area contributed by atoms with E-state index in [1.54, 1.807) is 13.8 Å². The van der Waals surface area contributed by atoms with Crippen LogP contribution < -0.4 is 9.47 Å². The first kappa shape index (κ1) is 22.9. The lowest BCUT2D eigenvalue weighted by Gasteiger charge is -2.10. The number of ether oxygens (including phenoxy) is 4.